The first-order valence-electron chi connectivity index (χ1n) is 12.5. The lowest BCUT2D eigenvalue weighted by atomic mass is 9.93. The van der Waals surface area contributed by atoms with E-state index in [2.05, 4.69) is 0 Å². The SMILES string of the molecule is CN(C)CCOc1ccc(/C(=C(\c2ccccc2)[N+](=O)[O-])c2ccccc2)cc1.O=C([O-])CC(O)(CC(=O)[O-])C(=O)[O-]. The Labute approximate surface area is 241 Å². The molecular formula is C30H29N2O10-3. The number of nitro groups is 1. The highest BCUT2D eigenvalue weighted by atomic mass is 16.6. The van der Waals surface area contributed by atoms with Gasteiger partial charge in [0.15, 0.2) is 0 Å². The summed E-state index contributed by atoms with van der Waals surface area (Å²) in [5.74, 6) is -5.24. The van der Waals surface area contributed by atoms with Crippen molar-refractivity contribution < 1.29 is 44.5 Å². The number of carboxylic acids is 3. The third-order valence-corrected chi connectivity index (χ3v) is 5.73. The van der Waals surface area contributed by atoms with Crippen molar-refractivity contribution >= 4 is 29.2 Å². The van der Waals surface area contributed by atoms with Crippen LogP contribution in [-0.2, 0) is 14.4 Å². The van der Waals surface area contributed by atoms with Crippen molar-refractivity contribution in [2.24, 2.45) is 0 Å². The van der Waals surface area contributed by atoms with E-state index in [0.717, 1.165) is 23.4 Å². The van der Waals surface area contributed by atoms with Crippen LogP contribution in [0.2, 0.25) is 0 Å². The number of likely N-dealkylation sites (N-methyl/N-ethyl adjacent to an activating group) is 1. The number of rotatable bonds is 13. The van der Waals surface area contributed by atoms with Crippen LogP contribution in [0.25, 0.3) is 11.3 Å². The van der Waals surface area contributed by atoms with Gasteiger partial charge in [0.1, 0.15) is 18.0 Å². The van der Waals surface area contributed by atoms with E-state index in [9.17, 15) is 39.8 Å². The lowest BCUT2D eigenvalue weighted by Gasteiger charge is -2.29. The normalized spacial score (nSPS) is 11.5. The molecule has 1 N–H and O–H groups in total. The summed E-state index contributed by atoms with van der Waals surface area (Å²) in [4.78, 5) is 43.8. The van der Waals surface area contributed by atoms with Gasteiger partial charge in [-0.15, -0.1) is 0 Å². The van der Waals surface area contributed by atoms with Gasteiger partial charge < -0.3 is 44.4 Å². The molecule has 0 unspecified atom stereocenters. The summed E-state index contributed by atoms with van der Waals surface area (Å²) in [5, 5.41) is 51.0. The molecule has 0 aliphatic heterocycles. The largest absolute Gasteiger partial charge is 0.550 e. The summed E-state index contributed by atoms with van der Waals surface area (Å²) in [6.07, 6.45) is -2.72. The molecule has 3 rings (SSSR count). The summed E-state index contributed by atoms with van der Waals surface area (Å²) in [6, 6.07) is 25.9. The molecule has 12 heteroatoms. The third kappa shape index (κ3) is 10.2. The van der Waals surface area contributed by atoms with Gasteiger partial charge in [0.2, 0.25) is 0 Å². The van der Waals surface area contributed by atoms with E-state index in [1.54, 1.807) is 12.1 Å². The molecule has 0 aliphatic rings. The smallest absolute Gasteiger partial charge is 0.284 e. The molecule has 0 heterocycles. The summed E-state index contributed by atoms with van der Waals surface area (Å²) in [5.41, 5.74) is -0.170. The lowest BCUT2D eigenvalue weighted by molar-refractivity contribution is -0.374. The maximum absolute atomic E-state index is 12.1. The van der Waals surface area contributed by atoms with Crippen LogP contribution in [0.15, 0.2) is 84.9 Å². The number of benzene rings is 3. The van der Waals surface area contributed by atoms with Crippen LogP contribution in [0.4, 0.5) is 0 Å². The second-order valence-corrected chi connectivity index (χ2v) is 9.31. The average Bonchev–Trinajstić information content (AvgIpc) is 2.92. The molecule has 0 saturated carbocycles. The van der Waals surface area contributed by atoms with Crippen molar-refractivity contribution in [3.8, 4) is 5.75 Å². The predicted octanol–water partition coefficient (Wildman–Crippen LogP) is -0.432. The standard InChI is InChI=1S/C24H24N2O3.C6H8O7/c1-25(2)17-18-29-22-15-13-20(14-16-22)23(19-9-5-3-6-10-19)24(26(27)28)21-11-7-4-8-12-21;7-3(8)1-6(13,5(11)12)2-4(9)10/h3-16H,17-18H2,1-2H3;13H,1-2H2,(H,7,8)(H,9,10)(H,11,12)/p-3/b24-23+;. The third-order valence-electron chi connectivity index (χ3n) is 5.73. The fraction of sp³-hybridized carbons (Fsp3) is 0.233. The Morgan fingerprint density at radius 3 is 1.64 bits per heavy atom. The molecule has 3 aromatic rings. The van der Waals surface area contributed by atoms with Crippen LogP contribution in [0, 0.1) is 10.1 Å². The van der Waals surface area contributed by atoms with Crippen molar-refractivity contribution in [2.45, 2.75) is 18.4 Å². The summed E-state index contributed by atoms with van der Waals surface area (Å²) < 4.78 is 5.76. The minimum Gasteiger partial charge on any atom is -0.550 e. The molecule has 3 aromatic carbocycles. The lowest BCUT2D eigenvalue weighted by Crippen LogP contribution is -2.54. The van der Waals surface area contributed by atoms with Gasteiger partial charge in [-0.1, -0.05) is 60.7 Å². The quantitative estimate of drug-likeness (QED) is 0.157. The molecule has 222 valence electrons. The van der Waals surface area contributed by atoms with Gasteiger partial charge >= 0.3 is 0 Å². The topological polar surface area (TPSA) is 196 Å². The number of hydrogen-bond donors (Lipinski definition) is 1. The molecule has 0 aromatic heterocycles. The first kappa shape index (κ1) is 33.1. The van der Waals surface area contributed by atoms with Crippen molar-refractivity contribution in [3.63, 3.8) is 0 Å². The number of ether oxygens (including phenoxy) is 1. The Bertz CT molecular complexity index is 1370. The van der Waals surface area contributed by atoms with Crippen LogP contribution in [0.1, 0.15) is 29.5 Å². The minimum absolute atomic E-state index is 0.0816. The first-order valence-corrected chi connectivity index (χ1v) is 12.5. The Morgan fingerprint density at radius 1 is 0.786 bits per heavy atom. The van der Waals surface area contributed by atoms with E-state index in [4.69, 9.17) is 9.84 Å². The van der Waals surface area contributed by atoms with E-state index in [0.29, 0.717) is 17.7 Å². The van der Waals surface area contributed by atoms with Gasteiger partial charge in [-0.05, 0) is 49.5 Å². The Hall–Kier alpha value is -5.07. The van der Waals surface area contributed by atoms with Crippen molar-refractivity contribution in [3.05, 3.63) is 112 Å². The zero-order valence-electron chi connectivity index (χ0n) is 22.9. The Morgan fingerprint density at radius 2 is 1.24 bits per heavy atom. The van der Waals surface area contributed by atoms with Crippen LogP contribution in [0.3, 0.4) is 0 Å². The van der Waals surface area contributed by atoms with Gasteiger partial charge in [0, 0.05) is 31.3 Å². The number of carbonyl (C=O) groups is 3. The van der Waals surface area contributed by atoms with E-state index < -0.39 is 36.4 Å². The van der Waals surface area contributed by atoms with Gasteiger partial charge in [-0.3, -0.25) is 10.1 Å². The van der Waals surface area contributed by atoms with E-state index in [1.165, 1.54) is 0 Å². The van der Waals surface area contributed by atoms with Gasteiger partial charge in [0.05, 0.1) is 22.0 Å². The number of aliphatic carboxylic acids is 3. The molecule has 0 aliphatic carbocycles. The molecular weight excluding hydrogens is 548 g/mol. The van der Waals surface area contributed by atoms with E-state index in [1.807, 2.05) is 91.8 Å². The molecule has 0 fully saturated rings. The monoisotopic (exact) mass is 577 g/mol. The van der Waals surface area contributed by atoms with Crippen molar-refractivity contribution in [1.29, 1.82) is 0 Å². The first-order chi connectivity index (χ1) is 19.8. The molecule has 0 saturated heterocycles. The minimum atomic E-state index is -2.97. The second-order valence-electron chi connectivity index (χ2n) is 9.31. The van der Waals surface area contributed by atoms with E-state index in [-0.39, 0.29) is 10.6 Å². The summed E-state index contributed by atoms with van der Waals surface area (Å²) in [7, 11) is 3.98. The maximum Gasteiger partial charge on any atom is 0.284 e. The summed E-state index contributed by atoms with van der Waals surface area (Å²) >= 11 is 0. The molecule has 0 radical (unpaired) electrons. The van der Waals surface area contributed by atoms with Crippen LogP contribution >= 0.6 is 0 Å². The van der Waals surface area contributed by atoms with Crippen molar-refractivity contribution in [1.82, 2.24) is 4.90 Å². The fourth-order valence-corrected chi connectivity index (χ4v) is 3.73. The average molecular weight is 578 g/mol. The molecule has 0 spiro atoms. The van der Waals surface area contributed by atoms with Gasteiger partial charge in [-0.2, -0.15) is 0 Å². The van der Waals surface area contributed by atoms with Crippen LogP contribution in [0.5, 0.6) is 5.75 Å². The zero-order valence-corrected chi connectivity index (χ0v) is 22.9. The van der Waals surface area contributed by atoms with Gasteiger partial charge in [0.25, 0.3) is 5.70 Å². The Balaban J connectivity index is 0.000000401. The van der Waals surface area contributed by atoms with Crippen molar-refractivity contribution in [2.75, 3.05) is 27.2 Å². The highest BCUT2D eigenvalue weighted by Gasteiger charge is 2.29. The fourth-order valence-electron chi connectivity index (χ4n) is 3.73. The molecule has 0 atom stereocenters. The number of carboxylic acid groups (broad SMARTS) is 3. The van der Waals surface area contributed by atoms with Gasteiger partial charge in [-0.25, -0.2) is 0 Å². The number of carbonyl (C=O) groups excluding carboxylic acids is 3. The molecule has 42 heavy (non-hydrogen) atoms. The number of hydrogen-bond acceptors (Lipinski definition) is 11. The molecule has 12 nitrogen and oxygen atoms in total. The zero-order chi connectivity index (χ0) is 31.3. The highest BCUT2D eigenvalue weighted by Crippen LogP contribution is 2.33. The number of nitrogens with zero attached hydrogens (tertiary/aromatic N) is 2. The van der Waals surface area contributed by atoms with Crippen LogP contribution < -0.4 is 20.1 Å². The number of aliphatic hydroxyl groups is 1. The van der Waals surface area contributed by atoms with Crippen LogP contribution in [-0.4, -0.2) is 65.7 Å². The Kier molecular flexibility index (Phi) is 12.3. The molecule has 0 bridgehead atoms. The summed E-state index contributed by atoms with van der Waals surface area (Å²) in [6.45, 7) is 1.40. The molecule has 0 amide bonds. The van der Waals surface area contributed by atoms with E-state index >= 15 is 0 Å². The maximum atomic E-state index is 12.1. The second kappa shape index (κ2) is 15.6. The predicted molar refractivity (Wildman–Crippen MR) is 145 cm³/mol. The highest BCUT2D eigenvalue weighted by molar-refractivity contribution is 5.95.